The third-order valence-electron chi connectivity index (χ3n) is 6.37. The Bertz CT molecular complexity index is 1070. The molecule has 2 aromatic carbocycles. The molecule has 1 unspecified atom stereocenters. The Hall–Kier alpha value is -2.45. The standard InChI is InChI=1S/C24H33N3O4S/c1-5-25(6-2)32(28,29)19-11-12-20-21(16-19)27(24-9-8-14-26(20)24)17-18-10-13-22(30-4)23(15-18)31-7-3/h10-13,15-16,24H,5-9,14,17H2,1-4H3. The molecule has 1 fully saturated rings. The van der Waals surface area contributed by atoms with Crippen molar-refractivity contribution in [2.75, 3.05) is 43.2 Å². The Morgan fingerprint density at radius 3 is 2.50 bits per heavy atom. The van der Waals surface area contributed by atoms with E-state index in [1.54, 1.807) is 13.2 Å². The molecule has 0 N–H and O–H groups in total. The van der Waals surface area contributed by atoms with Gasteiger partial charge >= 0.3 is 0 Å². The van der Waals surface area contributed by atoms with Crippen molar-refractivity contribution in [3.8, 4) is 11.5 Å². The molecule has 0 saturated carbocycles. The van der Waals surface area contributed by atoms with E-state index in [4.69, 9.17) is 9.47 Å². The van der Waals surface area contributed by atoms with Crippen LogP contribution in [0.15, 0.2) is 41.3 Å². The molecule has 0 aliphatic carbocycles. The fourth-order valence-electron chi connectivity index (χ4n) is 4.84. The number of anilines is 2. The zero-order valence-corrected chi connectivity index (χ0v) is 20.2. The van der Waals surface area contributed by atoms with Crippen LogP contribution in [0.2, 0.25) is 0 Å². The lowest BCUT2D eigenvalue weighted by molar-refractivity contribution is 0.310. The molecule has 0 amide bonds. The van der Waals surface area contributed by atoms with Gasteiger partial charge in [0, 0.05) is 26.2 Å². The average Bonchev–Trinajstić information content (AvgIpc) is 3.37. The number of nitrogens with zero attached hydrogens (tertiary/aromatic N) is 3. The molecule has 174 valence electrons. The van der Waals surface area contributed by atoms with Gasteiger partial charge in [0.15, 0.2) is 11.5 Å². The fraction of sp³-hybridized carbons (Fsp3) is 0.500. The number of benzene rings is 2. The summed E-state index contributed by atoms with van der Waals surface area (Å²) in [5.74, 6) is 1.44. The minimum Gasteiger partial charge on any atom is -0.493 e. The SMILES string of the molecule is CCOc1cc(CN2c3cc(S(=O)(=O)N(CC)CC)ccc3N3CCCC32)ccc1OC. The minimum atomic E-state index is -3.51. The quantitative estimate of drug-likeness (QED) is 0.563. The molecule has 0 spiro atoms. The third kappa shape index (κ3) is 3.90. The Morgan fingerprint density at radius 1 is 1.03 bits per heavy atom. The second kappa shape index (κ2) is 9.19. The summed E-state index contributed by atoms with van der Waals surface area (Å²) in [6.45, 7) is 8.84. The van der Waals surface area contributed by atoms with Gasteiger partial charge in [0.05, 0.1) is 30.0 Å². The normalized spacial score (nSPS) is 17.6. The summed E-state index contributed by atoms with van der Waals surface area (Å²) in [4.78, 5) is 5.09. The van der Waals surface area contributed by atoms with Crippen LogP contribution >= 0.6 is 0 Å². The van der Waals surface area contributed by atoms with Crippen molar-refractivity contribution in [2.24, 2.45) is 0 Å². The first kappa shape index (κ1) is 22.7. The highest BCUT2D eigenvalue weighted by atomic mass is 32.2. The van der Waals surface area contributed by atoms with E-state index < -0.39 is 10.0 Å². The third-order valence-corrected chi connectivity index (χ3v) is 8.42. The molecule has 1 saturated heterocycles. The van der Waals surface area contributed by atoms with Gasteiger partial charge in [-0.3, -0.25) is 0 Å². The van der Waals surface area contributed by atoms with Crippen LogP contribution in [0.25, 0.3) is 0 Å². The van der Waals surface area contributed by atoms with Gasteiger partial charge in [-0.15, -0.1) is 0 Å². The van der Waals surface area contributed by atoms with Crippen LogP contribution in [-0.4, -0.2) is 52.2 Å². The first-order chi connectivity index (χ1) is 15.4. The van der Waals surface area contributed by atoms with Gasteiger partial charge in [0.25, 0.3) is 0 Å². The van der Waals surface area contributed by atoms with Crippen molar-refractivity contribution in [3.63, 3.8) is 0 Å². The van der Waals surface area contributed by atoms with Crippen LogP contribution in [-0.2, 0) is 16.6 Å². The van der Waals surface area contributed by atoms with Crippen molar-refractivity contribution in [1.82, 2.24) is 4.31 Å². The Kier molecular flexibility index (Phi) is 6.53. The molecule has 8 heteroatoms. The number of hydrogen-bond acceptors (Lipinski definition) is 6. The smallest absolute Gasteiger partial charge is 0.243 e. The van der Waals surface area contributed by atoms with Gasteiger partial charge in [-0.2, -0.15) is 4.31 Å². The second-order valence-electron chi connectivity index (χ2n) is 8.10. The number of fused-ring (bicyclic) bond motifs is 3. The zero-order valence-electron chi connectivity index (χ0n) is 19.4. The monoisotopic (exact) mass is 459 g/mol. The van der Waals surface area contributed by atoms with E-state index in [0.29, 0.717) is 36.9 Å². The summed E-state index contributed by atoms with van der Waals surface area (Å²) in [6.07, 6.45) is 2.43. The summed E-state index contributed by atoms with van der Waals surface area (Å²) in [5, 5.41) is 0. The lowest BCUT2D eigenvalue weighted by Crippen LogP contribution is -2.38. The van der Waals surface area contributed by atoms with Crippen LogP contribution in [0.1, 0.15) is 39.2 Å². The maximum Gasteiger partial charge on any atom is 0.243 e. The predicted octanol–water partition coefficient (Wildman–Crippen LogP) is 4.07. The van der Waals surface area contributed by atoms with Crippen molar-refractivity contribution in [2.45, 2.75) is 51.2 Å². The van der Waals surface area contributed by atoms with Crippen LogP contribution in [0.3, 0.4) is 0 Å². The minimum absolute atomic E-state index is 0.244. The molecule has 4 rings (SSSR count). The van der Waals surface area contributed by atoms with E-state index >= 15 is 0 Å². The highest BCUT2D eigenvalue weighted by Gasteiger charge is 2.39. The van der Waals surface area contributed by atoms with Gasteiger partial charge in [0.1, 0.15) is 6.17 Å². The molecule has 0 radical (unpaired) electrons. The van der Waals surface area contributed by atoms with Crippen LogP contribution < -0.4 is 19.3 Å². The summed E-state index contributed by atoms with van der Waals surface area (Å²) in [5.41, 5.74) is 3.20. The predicted molar refractivity (Wildman–Crippen MR) is 127 cm³/mol. The number of ether oxygens (including phenoxy) is 2. The van der Waals surface area contributed by atoms with E-state index in [1.807, 2.05) is 45.0 Å². The highest BCUT2D eigenvalue weighted by Crippen LogP contribution is 2.46. The van der Waals surface area contributed by atoms with Crippen molar-refractivity contribution in [3.05, 3.63) is 42.0 Å². The van der Waals surface area contributed by atoms with Gasteiger partial charge < -0.3 is 19.3 Å². The molecule has 0 bridgehead atoms. The molecule has 2 aliphatic rings. The molecule has 1 atom stereocenters. The first-order valence-corrected chi connectivity index (χ1v) is 12.9. The molecule has 2 heterocycles. The van der Waals surface area contributed by atoms with Gasteiger partial charge in [0.2, 0.25) is 10.0 Å². The molecule has 0 aromatic heterocycles. The number of sulfonamides is 1. The van der Waals surface area contributed by atoms with Crippen molar-refractivity contribution >= 4 is 21.4 Å². The molecular formula is C24H33N3O4S. The maximum absolute atomic E-state index is 13.2. The van der Waals surface area contributed by atoms with E-state index in [0.717, 1.165) is 42.1 Å². The summed E-state index contributed by atoms with van der Waals surface area (Å²) < 4.78 is 39.0. The molecule has 7 nitrogen and oxygen atoms in total. The van der Waals surface area contributed by atoms with Gasteiger partial charge in [-0.1, -0.05) is 19.9 Å². The molecule has 2 aromatic rings. The van der Waals surface area contributed by atoms with Crippen LogP contribution in [0.4, 0.5) is 11.4 Å². The van der Waals surface area contributed by atoms with Crippen LogP contribution in [0.5, 0.6) is 11.5 Å². The van der Waals surface area contributed by atoms with E-state index in [-0.39, 0.29) is 6.17 Å². The lowest BCUT2D eigenvalue weighted by atomic mass is 10.1. The summed E-state index contributed by atoms with van der Waals surface area (Å²) >= 11 is 0. The Labute approximate surface area is 191 Å². The summed E-state index contributed by atoms with van der Waals surface area (Å²) in [6, 6.07) is 11.6. The zero-order chi connectivity index (χ0) is 22.9. The largest absolute Gasteiger partial charge is 0.493 e. The van der Waals surface area contributed by atoms with Gasteiger partial charge in [-0.25, -0.2) is 8.42 Å². The molecule has 32 heavy (non-hydrogen) atoms. The van der Waals surface area contributed by atoms with E-state index in [1.165, 1.54) is 4.31 Å². The van der Waals surface area contributed by atoms with E-state index in [9.17, 15) is 8.42 Å². The van der Waals surface area contributed by atoms with E-state index in [2.05, 4.69) is 15.9 Å². The Balaban J connectivity index is 1.71. The van der Waals surface area contributed by atoms with Gasteiger partial charge in [-0.05, 0) is 55.7 Å². The molecule has 2 aliphatic heterocycles. The van der Waals surface area contributed by atoms with Crippen LogP contribution in [0, 0.1) is 0 Å². The number of methoxy groups -OCH3 is 1. The number of hydrogen-bond donors (Lipinski definition) is 0. The second-order valence-corrected chi connectivity index (χ2v) is 10.0. The average molecular weight is 460 g/mol. The maximum atomic E-state index is 13.2. The molecular weight excluding hydrogens is 426 g/mol. The van der Waals surface area contributed by atoms with Crippen molar-refractivity contribution in [1.29, 1.82) is 0 Å². The summed E-state index contributed by atoms with van der Waals surface area (Å²) in [7, 11) is -1.87. The lowest BCUT2D eigenvalue weighted by Gasteiger charge is -2.28. The number of rotatable bonds is 9. The van der Waals surface area contributed by atoms with Crippen molar-refractivity contribution < 1.29 is 17.9 Å². The first-order valence-electron chi connectivity index (χ1n) is 11.4. The highest BCUT2D eigenvalue weighted by molar-refractivity contribution is 7.89. The Morgan fingerprint density at radius 2 is 1.81 bits per heavy atom. The fourth-order valence-corrected chi connectivity index (χ4v) is 6.32. The topological polar surface area (TPSA) is 62.3 Å².